The van der Waals surface area contributed by atoms with E-state index in [1.807, 2.05) is 0 Å². The number of methoxy groups -OCH3 is 2. The van der Waals surface area contributed by atoms with Gasteiger partial charge in [0.15, 0.2) is 11.5 Å². The maximum absolute atomic E-state index is 13.5. The van der Waals surface area contributed by atoms with Gasteiger partial charge < -0.3 is 19.5 Å². The number of amides is 1. The van der Waals surface area contributed by atoms with Crippen molar-refractivity contribution in [3.05, 3.63) is 77.6 Å². The molecule has 0 saturated heterocycles. The van der Waals surface area contributed by atoms with Crippen LogP contribution in [0.1, 0.15) is 0 Å². The summed E-state index contributed by atoms with van der Waals surface area (Å²) in [4.78, 5) is 12.5. The summed E-state index contributed by atoms with van der Waals surface area (Å²) in [6, 6.07) is 15.8. The van der Waals surface area contributed by atoms with Crippen molar-refractivity contribution in [1.82, 2.24) is 5.32 Å². The average Bonchev–Trinajstić information content (AvgIpc) is 2.86. The smallest absolute Gasteiger partial charge is 0.264 e. The highest BCUT2D eigenvalue weighted by Crippen LogP contribution is 2.32. The zero-order valence-electron chi connectivity index (χ0n) is 19.0. The van der Waals surface area contributed by atoms with Crippen LogP contribution in [0.15, 0.2) is 71.6 Å². The van der Waals surface area contributed by atoms with Crippen molar-refractivity contribution in [3.63, 3.8) is 0 Å². The van der Waals surface area contributed by atoms with E-state index in [-0.39, 0.29) is 29.5 Å². The summed E-state index contributed by atoms with van der Waals surface area (Å²) in [5.74, 6) is -0.114. The Balaban J connectivity index is 1.78. The number of hydrogen-bond donors (Lipinski definition) is 1. The van der Waals surface area contributed by atoms with Crippen molar-refractivity contribution < 1.29 is 31.8 Å². The van der Waals surface area contributed by atoms with Crippen LogP contribution in [0.4, 0.5) is 10.1 Å². The van der Waals surface area contributed by atoms with Gasteiger partial charge in [-0.2, -0.15) is 0 Å². The molecule has 0 fully saturated rings. The van der Waals surface area contributed by atoms with Crippen molar-refractivity contribution >= 4 is 33.2 Å². The van der Waals surface area contributed by atoms with Gasteiger partial charge in [-0.1, -0.05) is 23.7 Å². The normalized spacial score (nSPS) is 11.0. The van der Waals surface area contributed by atoms with Gasteiger partial charge in [-0.05, 0) is 48.5 Å². The minimum absolute atomic E-state index is 0.109. The zero-order valence-corrected chi connectivity index (χ0v) is 20.6. The van der Waals surface area contributed by atoms with E-state index in [0.717, 1.165) is 16.4 Å². The highest BCUT2D eigenvalue weighted by molar-refractivity contribution is 7.92. The molecule has 0 heterocycles. The van der Waals surface area contributed by atoms with Crippen molar-refractivity contribution in [3.8, 4) is 17.2 Å². The first-order chi connectivity index (χ1) is 16.8. The molecule has 0 aliphatic carbocycles. The second kappa shape index (κ2) is 11.8. The molecule has 8 nitrogen and oxygen atoms in total. The van der Waals surface area contributed by atoms with E-state index in [1.165, 1.54) is 44.6 Å². The Labute approximate surface area is 208 Å². The summed E-state index contributed by atoms with van der Waals surface area (Å²) < 4.78 is 57.2. The van der Waals surface area contributed by atoms with E-state index in [4.69, 9.17) is 25.8 Å². The molecule has 3 rings (SSSR count). The molecule has 3 aromatic carbocycles. The number of hydrogen-bond acceptors (Lipinski definition) is 6. The SMILES string of the molecule is COc1ccc(S(=O)(=O)N(CC(=O)NCCOc2ccccc2Cl)c2ccc(F)cc2)cc1OC. The fourth-order valence-electron chi connectivity index (χ4n) is 3.13. The van der Waals surface area contributed by atoms with Gasteiger partial charge in [0, 0.05) is 6.07 Å². The number of benzene rings is 3. The molecule has 0 bridgehead atoms. The maximum Gasteiger partial charge on any atom is 0.264 e. The lowest BCUT2D eigenvalue weighted by Gasteiger charge is -2.24. The van der Waals surface area contributed by atoms with Crippen molar-refractivity contribution in [1.29, 1.82) is 0 Å². The van der Waals surface area contributed by atoms with Gasteiger partial charge in [0.25, 0.3) is 10.0 Å². The molecule has 0 aliphatic heterocycles. The van der Waals surface area contributed by atoms with Crippen LogP contribution in [0.2, 0.25) is 5.02 Å². The van der Waals surface area contributed by atoms with E-state index < -0.39 is 28.3 Å². The molecule has 1 N–H and O–H groups in total. The topological polar surface area (TPSA) is 94.2 Å². The molecule has 11 heteroatoms. The molecular weight excluding hydrogens is 499 g/mol. The second-order valence-corrected chi connectivity index (χ2v) is 9.40. The van der Waals surface area contributed by atoms with Crippen LogP contribution < -0.4 is 23.8 Å². The van der Waals surface area contributed by atoms with E-state index in [9.17, 15) is 17.6 Å². The fourth-order valence-corrected chi connectivity index (χ4v) is 4.75. The molecule has 0 saturated carbocycles. The number of ether oxygens (including phenoxy) is 3. The van der Waals surface area contributed by atoms with Crippen LogP contribution in [0.3, 0.4) is 0 Å². The Morgan fingerprint density at radius 3 is 2.31 bits per heavy atom. The van der Waals surface area contributed by atoms with Gasteiger partial charge in [0.05, 0.1) is 36.4 Å². The van der Waals surface area contributed by atoms with Gasteiger partial charge in [0.1, 0.15) is 24.7 Å². The molecule has 0 radical (unpaired) electrons. The Morgan fingerprint density at radius 1 is 0.971 bits per heavy atom. The Bertz CT molecular complexity index is 1270. The third kappa shape index (κ3) is 6.55. The van der Waals surface area contributed by atoms with Crippen LogP contribution >= 0.6 is 11.6 Å². The molecule has 0 atom stereocenters. The highest BCUT2D eigenvalue weighted by atomic mass is 35.5. The molecule has 35 heavy (non-hydrogen) atoms. The summed E-state index contributed by atoms with van der Waals surface area (Å²) in [7, 11) is -1.43. The molecule has 1 amide bonds. The summed E-state index contributed by atoms with van der Waals surface area (Å²) in [6.07, 6.45) is 0. The minimum atomic E-state index is -4.23. The maximum atomic E-state index is 13.5. The van der Waals surface area contributed by atoms with Crippen LogP contribution in [0.25, 0.3) is 0 Å². The van der Waals surface area contributed by atoms with Crippen molar-refractivity contribution in [2.75, 3.05) is 38.2 Å². The Kier molecular flexibility index (Phi) is 8.78. The van der Waals surface area contributed by atoms with E-state index in [0.29, 0.717) is 16.5 Å². The lowest BCUT2D eigenvalue weighted by molar-refractivity contribution is -0.119. The third-order valence-electron chi connectivity index (χ3n) is 4.86. The first-order valence-corrected chi connectivity index (χ1v) is 12.2. The quantitative estimate of drug-likeness (QED) is 0.384. The van der Waals surface area contributed by atoms with Gasteiger partial charge in [-0.15, -0.1) is 0 Å². The van der Waals surface area contributed by atoms with Crippen LogP contribution in [-0.4, -0.2) is 48.2 Å². The third-order valence-corrected chi connectivity index (χ3v) is 6.95. The number of anilines is 1. The first-order valence-electron chi connectivity index (χ1n) is 10.4. The number of halogens is 2. The number of rotatable bonds is 11. The van der Waals surface area contributed by atoms with Crippen LogP contribution in [-0.2, 0) is 14.8 Å². The highest BCUT2D eigenvalue weighted by Gasteiger charge is 2.28. The molecular formula is C24H24ClFN2O6S. The summed E-state index contributed by atoms with van der Waals surface area (Å²) in [5, 5.41) is 3.05. The van der Waals surface area contributed by atoms with Gasteiger partial charge in [-0.25, -0.2) is 12.8 Å². The molecule has 186 valence electrons. The van der Waals surface area contributed by atoms with Gasteiger partial charge >= 0.3 is 0 Å². The van der Waals surface area contributed by atoms with Crippen molar-refractivity contribution in [2.45, 2.75) is 4.90 Å². The van der Waals surface area contributed by atoms with E-state index in [1.54, 1.807) is 24.3 Å². The second-order valence-electron chi connectivity index (χ2n) is 7.13. The van der Waals surface area contributed by atoms with Crippen LogP contribution in [0, 0.1) is 5.82 Å². The van der Waals surface area contributed by atoms with Crippen molar-refractivity contribution in [2.24, 2.45) is 0 Å². The minimum Gasteiger partial charge on any atom is -0.493 e. The van der Waals surface area contributed by atoms with Crippen LogP contribution in [0.5, 0.6) is 17.2 Å². The number of sulfonamides is 1. The number of nitrogens with one attached hydrogen (secondary N) is 1. The number of nitrogens with zero attached hydrogens (tertiary/aromatic N) is 1. The zero-order chi connectivity index (χ0) is 25.4. The lowest BCUT2D eigenvalue weighted by atomic mass is 10.3. The summed E-state index contributed by atoms with van der Waals surface area (Å²) >= 11 is 6.03. The summed E-state index contributed by atoms with van der Waals surface area (Å²) in [5.41, 5.74) is 0.114. The van der Waals surface area contributed by atoms with Gasteiger partial charge in [-0.3, -0.25) is 9.10 Å². The molecule has 0 aromatic heterocycles. The molecule has 0 unspecified atom stereocenters. The fraction of sp³-hybridized carbons (Fsp3) is 0.208. The molecule has 0 spiro atoms. The largest absolute Gasteiger partial charge is 0.493 e. The Morgan fingerprint density at radius 2 is 1.66 bits per heavy atom. The monoisotopic (exact) mass is 522 g/mol. The predicted octanol–water partition coefficient (Wildman–Crippen LogP) is 3.89. The molecule has 0 aliphatic rings. The number of para-hydroxylation sites is 1. The first kappa shape index (κ1) is 26.1. The standard InChI is InChI=1S/C24H24ClFN2O6S/c1-32-22-12-11-19(15-23(22)33-2)35(30,31)28(18-9-7-17(26)8-10-18)16-24(29)27-13-14-34-21-6-4-3-5-20(21)25/h3-12,15H,13-14,16H2,1-2H3,(H,27,29). The average molecular weight is 523 g/mol. The molecule has 3 aromatic rings. The Hall–Kier alpha value is -3.50. The van der Waals surface area contributed by atoms with Gasteiger partial charge in [0.2, 0.25) is 5.91 Å². The van der Waals surface area contributed by atoms with E-state index in [2.05, 4.69) is 5.32 Å². The lowest BCUT2D eigenvalue weighted by Crippen LogP contribution is -2.42. The number of carbonyl (C=O) groups is 1. The summed E-state index contributed by atoms with van der Waals surface area (Å²) in [6.45, 7) is -0.319. The number of carbonyl (C=O) groups excluding carboxylic acids is 1. The predicted molar refractivity (Wildman–Crippen MR) is 130 cm³/mol. The van der Waals surface area contributed by atoms with E-state index >= 15 is 0 Å².